The van der Waals surface area contributed by atoms with Crippen LogP contribution >= 0.6 is 11.6 Å². The van der Waals surface area contributed by atoms with Crippen LogP contribution in [0.5, 0.6) is 0 Å². The van der Waals surface area contributed by atoms with E-state index in [1.807, 2.05) is 0 Å². The molecule has 6 heteroatoms. The maximum atomic E-state index is 13.6. The predicted molar refractivity (Wildman–Crippen MR) is 81.0 cm³/mol. The third-order valence-electron chi connectivity index (χ3n) is 3.72. The number of hydrogen-bond acceptors (Lipinski definition) is 3. The molecule has 1 fully saturated rings. The maximum absolute atomic E-state index is 13.6. The van der Waals surface area contributed by atoms with Gasteiger partial charge in [-0.25, -0.2) is 4.39 Å². The molecular weight excluding hydrogens is 295 g/mol. The third-order valence-corrected chi connectivity index (χ3v) is 3.95. The van der Waals surface area contributed by atoms with Crippen LogP contribution < -0.4 is 5.32 Å². The highest BCUT2D eigenvalue weighted by molar-refractivity contribution is 6.30. The summed E-state index contributed by atoms with van der Waals surface area (Å²) < 4.78 is 13.6. The molecule has 0 aromatic heterocycles. The first-order valence-corrected chi connectivity index (χ1v) is 7.42. The molecule has 0 atom stereocenters. The second-order valence-corrected chi connectivity index (χ2v) is 6.21. The lowest BCUT2D eigenvalue weighted by Gasteiger charge is -2.28. The van der Waals surface area contributed by atoms with E-state index < -0.39 is 11.4 Å². The first-order valence-electron chi connectivity index (χ1n) is 7.04. The van der Waals surface area contributed by atoms with Gasteiger partial charge < -0.3 is 10.4 Å². The minimum absolute atomic E-state index is 0.102. The van der Waals surface area contributed by atoms with E-state index >= 15 is 0 Å². The van der Waals surface area contributed by atoms with Crippen LogP contribution in [0.25, 0.3) is 0 Å². The minimum atomic E-state index is -0.694. The van der Waals surface area contributed by atoms with Gasteiger partial charge in [0.15, 0.2) is 0 Å². The number of nitrogens with zero attached hydrogens (tertiary/aromatic N) is 1. The Morgan fingerprint density at radius 2 is 2.14 bits per heavy atom. The average Bonchev–Trinajstić information content (AvgIpc) is 2.78. The molecule has 0 aliphatic heterocycles. The van der Waals surface area contributed by atoms with Gasteiger partial charge in [0.25, 0.3) is 0 Å². The summed E-state index contributed by atoms with van der Waals surface area (Å²) in [6.07, 6.45) is 3.58. The van der Waals surface area contributed by atoms with Gasteiger partial charge in [0.05, 0.1) is 17.8 Å². The van der Waals surface area contributed by atoms with E-state index in [-0.39, 0.29) is 23.2 Å². The van der Waals surface area contributed by atoms with Gasteiger partial charge in [-0.05, 0) is 38.1 Å². The van der Waals surface area contributed by atoms with Crippen LogP contribution in [0.15, 0.2) is 18.2 Å². The average molecular weight is 315 g/mol. The number of nitrogens with one attached hydrogen (secondary N) is 1. The molecule has 0 unspecified atom stereocenters. The Morgan fingerprint density at radius 1 is 1.48 bits per heavy atom. The molecule has 0 spiro atoms. The summed E-state index contributed by atoms with van der Waals surface area (Å²) in [6.45, 7) is 0.550. The minimum Gasteiger partial charge on any atom is -0.389 e. The van der Waals surface area contributed by atoms with E-state index in [0.717, 1.165) is 31.7 Å². The van der Waals surface area contributed by atoms with E-state index in [9.17, 15) is 14.3 Å². The molecule has 1 aromatic rings. The lowest BCUT2D eigenvalue weighted by atomic mass is 10.0. The highest BCUT2D eigenvalue weighted by atomic mass is 35.5. The molecule has 1 aliphatic carbocycles. The summed E-state index contributed by atoms with van der Waals surface area (Å²) in [5.74, 6) is -0.881. The number of aliphatic hydroxyl groups is 1. The zero-order chi connectivity index (χ0) is 15.5. The molecule has 2 N–H and O–H groups in total. The monoisotopic (exact) mass is 314 g/mol. The molecule has 0 saturated heterocycles. The summed E-state index contributed by atoms with van der Waals surface area (Å²) in [4.78, 5) is 13.7. The van der Waals surface area contributed by atoms with Gasteiger partial charge >= 0.3 is 0 Å². The SMILES string of the molecule is CN(CC(=O)Nc1ccc(Cl)cc1F)CC1(O)CCCC1. The van der Waals surface area contributed by atoms with E-state index in [4.69, 9.17) is 11.6 Å². The molecular formula is C15H20ClFN2O2. The van der Waals surface area contributed by atoms with Gasteiger partial charge in [0.1, 0.15) is 5.82 Å². The number of anilines is 1. The molecule has 21 heavy (non-hydrogen) atoms. The quantitative estimate of drug-likeness (QED) is 0.878. The number of hydrogen-bond donors (Lipinski definition) is 2. The summed E-state index contributed by atoms with van der Waals surface area (Å²) in [5.41, 5.74) is -0.585. The second-order valence-electron chi connectivity index (χ2n) is 5.78. The van der Waals surface area contributed by atoms with Crippen molar-refractivity contribution in [1.29, 1.82) is 0 Å². The molecule has 1 saturated carbocycles. The van der Waals surface area contributed by atoms with Crippen molar-refractivity contribution in [2.75, 3.05) is 25.5 Å². The van der Waals surface area contributed by atoms with E-state index in [0.29, 0.717) is 6.54 Å². The second kappa shape index (κ2) is 6.73. The molecule has 1 amide bonds. The molecule has 116 valence electrons. The van der Waals surface area contributed by atoms with Crippen LogP contribution in [0.4, 0.5) is 10.1 Å². The zero-order valence-corrected chi connectivity index (χ0v) is 12.8. The normalized spacial score (nSPS) is 17.2. The largest absolute Gasteiger partial charge is 0.389 e. The maximum Gasteiger partial charge on any atom is 0.238 e. The Bertz CT molecular complexity index is 518. The van der Waals surface area contributed by atoms with Crippen molar-refractivity contribution >= 4 is 23.2 Å². The Kier molecular flexibility index (Phi) is 5.19. The van der Waals surface area contributed by atoms with Crippen LogP contribution in [-0.2, 0) is 4.79 Å². The standard InChI is InChI=1S/C15H20ClFN2O2/c1-19(10-15(21)6-2-3-7-15)9-14(20)18-13-5-4-11(16)8-12(13)17/h4-5,8,21H,2-3,6-7,9-10H2,1H3,(H,18,20). The topological polar surface area (TPSA) is 52.6 Å². The molecule has 1 aromatic carbocycles. The van der Waals surface area contributed by atoms with Crippen molar-refractivity contribution in [3.8, 4) is 0 Å². The third kappa shape index (κ3) is 4.66. The van der Waals surface area contributed by atoms with Crippen molar-refractivity contribution < 1.29 is 14.3 Å². The van der Waals surface area contributed by atoms with Gasteiger partial charge in [-0.15, -0.1) is 0 Å². The lowest BCUT2D eigenvalue weighted by Crippen LogP contribution is -2.42. The first kappa shape index (κ1) is 16.2. The molecule has 4 nitrogen and oxygen atoms in total. The predicted octanol–water partition coefficient (Wildman–Crippen LogP) is 2.65. The molecule has 0 heterocycles. The highest BCUT2D eigenvalue weighted by Gasteiger charge is 2.32. The highest BCUT2D eigenvalue weighted by Crippen LogP contribution is 2.29. The summed E-state index contributed by atoms with van der Waals surface area (Å²) in [6, 6.07) is 4.10. The Labute approximate surface area is 128 Å². The van der Waals surface area contributed by atoms with Crippen molar-refractivity contribution in [3.05, 3.63) is 29.0 Å². The van der Waals surface area contributed by atoms with Gasteiger partial charge in [-0.3, -0.25) is 9.69 Å². The number of rotatable bonds is 5. The number of amides is 1. The van der Waals surface area contributed by atoms with Crippen molar-refractivity contribution in [3.63, 3.8) is 0 Å². The molecule has 2 rings (SSSR count). The number of likely N-dealkylation sites (N-methyl/N-ethyl adjacent to an activating group) is 1. The van der Waals surface area contributed by atoms with Gasteiger partial charge in [0, 0.05) is 11.6 Å². The van der Waals surface area contributed by atoms with E-state index in [1.165, 1.54) is 12.1 Å². The van der Waals surface area contributed by atoms with E-state index in [1.54, 1.807) is 11.9 Å². The summed E-state index contributed by atoms with van der Waals surface area (Å²) in [7, 11) is 1.77. The van der Waals surface area contributed by atoms with Crippen LogP contribution in [-0.4, -0.2) is 41.7 Å². The number of benzene rings is 1. The fourth-order valence-electron chi connectivity index (χ4n) is 2.78. The van der Waals surface area contributed by atoms with Gasteiger partial charge in [-0.2, -0.15) is 0 Å². The van der Waals surface area contributed by atoms with Crippen molar-refractivity contribution in [1.82, 2.24) is 4.90 Å². The Hall–Kier alpha value is -1.17. The zero-order valence-electron chi connectivity index (χ0n) is 12.0. The van der Waals surface area contributed by atoms with Crippen LogP contribution in [0.3, 0.4) is 0 Å². The number of halogens is 2. The van der Waals surface area contributed by atoms with Crippen molar-refractivity contribution in [2.45, 2.75) is 31.3 Å². The van der Waals surface area contributed by atoms with E-state index in [2.05, 4.69) is 5.32 Å². The number of carbonyl (C=O) groups is 1. The molecule has 0 radical (unpaired) electrons. The molecule has 0 bridgehead atoms. The van der Waals surface area contributed by atoms with Gasteiger partial charge in [0.2, 0.25) is 5.91 Å². The smallest absolute Gasteiger partial charge is 0.238 e. The first-order chi connectivity index (χ1) is 9.88. The Balaban J connectivity index is 1.86. The van der Waals surface area contributed by atoms with Crippen LogP contribution in [0.2, 0.25) is 5.02 Å². The fraction of sp³-hybridized carbons (Fsp3) is 0.533. The van der Waals surface area contributed by atoms with Crippen LogP contribution in [0, 0.1) is 5.82 Å². The number of carbonyl (C=O) groups excluding carboxylic acids is 1. The molecule has 1 aliphatic rings. The van der Waals surface area contributed by atoms with Crippen LogP contribution in [0.1, 0.15) is 25.7 Å². The van der Waals surface area contributed by atoms with Crippen molar-refractivity contribution in [2.24, 2.45) is 0 Å². The summed E-state index contributed by atoms with van der Waals surface area (Å²) >= 11 is 5.66. The van der Waals surface area contributed by atoms with Gasteiger partial charge in [-0.1, -0.05) is 24.4 Å². The Morgan fingerprint density at radius 3 is 2.76 bits per heavy atom. The fourth-order valence-corrected chi connectivity index (χ4v) is 2.93. The lowest BCUT2D eigenvalue weighted by molar-refractivity contribution is -0.117. The summed E-state index contributed by atoms with van der Waals surface area (Å²) in [5, 5.41) is 13.1.